The first-order chi connectivity index (χ1) is 19.5. The van der Waals surface area contributed by atoms with Gasteiger partial charge in [0.2, 0.25) is 0 Å². The number of methoxy groups -OCH3 is 2. The molecule has 0 bridgehead atoms. The molecule has 40 heavy (non-hydrogen) atoms. The highest BCUT2D eigenvalue weighted by molar-refractivity contribution is 5.90. The maximum absolute atomic E-state index is 14.2. The normalized spacial score (nSPS) is 14.2. The Balaban J connectivity index is 1.50. The maximum atomic E-state index is 14.2. The molecule has 3 heterocycles. The van der Waals surface area contributed by atoms with Gasteiger partial charge in [0.25, 0.3) is 0 Å². The average molecular weight is 534 g/mol. The summed E-state index contributed by atoms with van der Waals surface area (Å²) >= 11 is 0. The molecule has 6 rings (SSSR count). The maximum Gasteiger partial charge on any atom is 0.322 e. The molecule has 0 aliphatic carbocycles. The van der Waals surface area contributed by atoms with Gasteiger partial charge in [0.05, 0.1) is 43.9 Å². The highest BCUT2D eigenvalue weighted by Crippen LogP contribution is 2.39. The van der Waals surface area contributed by atoms with Crippen molar-refractivity contribution in [2.75, 3.05) is 19.5 Å². The van der Waals surface area contributed by atoms with Gasteiger partial charge in [0.15, 0.2) is 11.5 Å². The van der Waals surface area contributed by atoms with Crippen molar-refractivity contribution >= 4 is 11.7 Å². The van der Waals surface area contributed by atoms with Crippen LogP contribution in [0.2, 0.25) is 0 Å². The van der Waals surface area contributed by atoms with Crippen LogP contribution in [0.1, 0.15) is 34.1 Å². The van der Waals surface area contributed by atoms with E-state index in [4.69, 9.17) is 14.6 Å². The molecule has 0 fully saturated rings. The zero-order valence-corrected chi connectivity index (χ0v) is 23.0. The summed E-state index contributed by atoms with van der Waals surface area (Å²) in [4.78, 5) is 16.0. The van der Waals surface area contributed by atoms with Crippen molar-refractivity contribution in [2.45, 2.75) is 26.4 Å². The minimum absolute atomic E-state index is 0.231. The Bertz CT molecular complexity index is 1670. The molecule has 8 heteroatoms. The van der Waals surface area contributed by atoms with Gasteiger partial charge < -0.3 is 24.3 Å². The van der Waals surface area contributed by atoms with E-state index in [9.17, 15) is 4.79 Å². The van der Waals surface area contributed by atoms with Gasteiger partial charge in [0, 0.05) is 23.5 Å². The molecule has 1 aliphatic rings. The van der Waals surface area contributed by atoms with Gasteiger partial charge in [-0.25, -0.2) is 9.48 Å². The lowest BCUT2D eigenvalue weighted by Gasteiger charge is -2.31. The number of amides is 2. The Morgan fingerprint density at radius 2 is 1.65 bits per heavy atom. The highest BCUT2D eigenvalue weighted by Gasteiger charge is 2.36. The first kappa shape index (κ1) is 25.3. The van der Waals surface area contributed by atoms with E-state index in [0.29, 0.717) is 23.7 Å². The molecule has 2 aromatic heterocycles. The number of rotatable bonds is 5. The Morgan fingerprint density at radius 1 is 0.900 bits per heavy atom. The number of aryl methyl sites for hydroxylation is 2. The van der Waals surface area contributed by atoms with Gasteiger partial charge in [-0.05, 0) is 55.8 Å². The van der Waals surface area contributed by atoms with Crippen molar-refractivity contribution in [1.29, 1.82) is 0 Å². The number of carbonyl (C=O) groups excluding carboxylic acids is 1. The summed E-state index contributed by atoms with van der Waals surface area (Å²) in [6.45, 7) is 4.43. The van der Waals surface area contributed by atoms with Gasteiger partial charge in [-0.1, -0.05) is 48.0 Å². The highest BCUT2D eigenvalue weighted by atomic mass is 16.5. The summed E-state index contributed by atoms with van der Waals surface area (Å²) in [7, 11) is 3.17. The average Bonchev–Trinajstić information content (AvgIpc) is 3.54. The van der Waals surface area contributed by atoms with Crippen molar-refractivity contribution in [2.24, 2.45) is 0 Å². The molecule has 2 amide bonds. The Morgan fingerprint density at radius 3 is 2.38 bits per heavy atom. The second-order valence-electron chi connectivity index (χ2n) is 9.88. The molecule has 202 valence electrons. The molecule has 8 nitrogen and oxygen atoms in total. The third kappa shape index (κ3) is 4.37. The van der Waals surface area contributed by atoms with Crippen LogP contribution >= 0.6 is 0 Å². The predicted molar refractivity (Wildman–Crippen MR) is 155 cm³/mol. The fourth-order valence-corrected chi connectivity index (χ4v) is 5.36. The largest absolute Gasteiger partial charge is 0.493 e. The second kappa shape index (κ2) is 10.3. The van der Waals surface area contributed by atoms with Crippen molar-refractivity contribution in [3.8, 4) is 23.0 Å². The van der Waals surface area contributed by atoms with Crippen molar-refractivity contribution < 1.29 is 14.3 Å². The molecule has 1 N–H and O–H groups in total. The summed E-state index contributed by atoms with van der Waals surface area (Å²) in [6, 6.07) is 27.3. The van der Waals surface area contributed by atoms with Crippen LogP contribution in [0.5, 0.6) is 11.5 Å². The number of nitrogens with one attached hydrogen (secondary N) is 1. The standard InChI is InChI=1S/C32H31N5O3/c1-21-12-14-23(15-13-21)30-27-11-8-18-35(27)31-26(22(2)34-37(31)25-9-6-5-7-10-25)20-36(30)32(38)33-24-16-17-28(39-3)29(19-24)40-4/h5-19,30H,20H2,1-4H3,(H,33,38)/t30-/m0/s1. The first-order valence-electron chi connectivity index (χ1n) is 13.2. The van der Waals surface area contributed by atoms with E-state index < -0.39 is 0 Å². The number of urea groups is 1. The molecular formula is C32H31N5O3. The van der Waals surface area contributed by atoms with Gasteiger partial charge in [-0.3, -0.25) is 0 Å². The smallest absolute Gasteiger partial charge is 0.322 e. The fraction of sp³-hybridized carbons (Fsp3) is 0.188. The van der Waals surface area contributed by atoms with Crippen LogP contribution in [0, 0.1) is 13.8 Å². The third-order valence-electron chi connectivity index (χ3n) is 7.38. The van der Waals surface area contributed by atoms with Crippen molar-refractivity contribution in [3.63, 3.8) is 0 Å². The number of hydrogen-bond donors (Lipinski definition) is 1. The zero-order valence-electron chi connectivity index (χ0n) is 23.0. The van der Waals surface area contributed by atoms with E-state index in [-0.39, 0.29) is 12.1 Å². The van der Waals surface area contributed by atoms with Crippen molar-refractivity contribution in [1.82, 2.24) is 19.2 Å². The molecule has 0 saturated carbocycles. The molecule has 5 aromatic rings. The molecule has 0 radical (unpaired) electrons. The number of nitrogens with zero attached hydrogens (tertiary/aromatic N) is 4. The Labute approximate surface area is 233 Å². The minimum Gasteiger partial charge on any atom is -0.493 e. The summed E-state index contributed by atoms with van der Waals surface area (Å²) in [5.41, 5.74) is 6.58. The van der Waals surface area contributed by atoms with Crippen molar-refractivity contribution in [3.05, 3.63) is 119 Å². The van der Waals surface area contributed by atoms with E-state index >= 15 is 0 Å². The van der Waals surface area contributed by atoms with E-state index in [1.807, 2.05) is 65.2 Å². The Hall–Kier alpha value is -4.98. The number of para-hydroxylation sites is 1. The molecular weight excluding hydrogens is 502 g/mol. The summed E-state index contributed by atoms with van der Waals surface area (Å²) in [5, 5.41) is 8.02. The van der Waals surface area contributed by atoms with E-state index in [1.165, 1.54) is 0 Å². The minimum atomic E-state index is -0.341. The van der Waals surface area contributed by atoms with E-state index in [2.05, 4.69) is 47.1 Å². The van der Waals surface area contributed by atoms with Crippen LogP contribution in [0.4, 0.5) is 10.5 Å². The second-order valence-corrected chi connectivity index (χ2v) is 9.88. The first-order valence-corrected chi connectivity index (χ1v) is 13.2. The lowest BCUT2D eigenvalue weighted by molar-refractivity contribution is 0.194. The number of fused-ring (bicyclic) bond motifs is 3. The fourth-order valence-electron chi connectivity index (χ4n) is 5.36. The number of ether oxygens (including phenoxy) is 2. The molecule has 0 spiro atoms. The number of benzene rings is 3. The summed E-state index contributed by atoms with van der Waals surface area (Å²) in [5.74, 6) is 2.07. The lowest BCUT2D eigenvalue weighted by Crippen LogP contribution is -2.38. The summed E-state index contributed by atoms with van der Waals surface area (Å²) < 4.78 is 15.0. The van der Waals surface area contributed by atoms with E-state index in [1.54, 1.807) is 26.4 Å². The quantitative estimate of drug-likeness (QED) is 0.282. The van der Waals surface area contributed by atoms with Crippen LogP contribution < -0.4 is 14.8 Å². The van der Waals surface area contributed by atoms with E-state index in [0.717, 1.165) is 39.6 Å². The molecule has 1 aliphatic heterocycles. The van der Waals surface area contributed by atoms with Crippen LogP contribution in [-0.4, -0.2) is 39.5 Å². The molecule has 0 saturated heterocycles. The number of anilines is 1. The van der Waals surface area contributed by atoms with Gasteiger partial charge >= 0.3 is 6.03 Å². The number of hydrogen-bond acceptors (Lipinski definition) is 4. The zero-order chi connectivity index (χ0) is 27.8. The van der Waals surface area contributed by atoms with Gasteiger partial charge in [0.1, 0.15) is 5.82 Å². The van der Waals surface area contributed by atoms with Crippen LogP contribution in [0.15, 0.2) is 91.1 Å². The Kier molecular flexibility index (Phi) is 6.51. The van der Waals surface area contributed by atoms with Gasteiger partial charge in [-0.15, -0.1) is 0 Å². The molecule has 3 aromatic carbocycles. The van der Waals surface area contributed by atoms with Gasteiger partial charge in [-0.2, -0.15) is 5.10 Å². The SMILES string of the molecule is COc1ccc(NC(=O)N2Cc3c(C)nn(-c4ccccc4)c3-n3cccc3[C@@H]2c2ccc(C)cc2)cc1OC. The lowest BCUT2D eigenvalue weighted by atomic mass is 10.0. The monoisotopic (exact) mass is 533 g/mol. The van der Waals surface area contributed by atoms with Crippen LogP contribution in [0.3, 0.4) is 0 Å². The number of carbonyl (C=O) groups is 1. The van der Waals surface area contributed by atoms with Crippen LogP contribution in [-0.2, 0) is 6.54 Å². The predicted octanol–water partition coefficient (Wildman–Crippen LogP) is 6.43. The number of aromatic nitrogens is 3. The van der Waals surface area contributed by atoms with Crippen LogP contribution in [0.25, 0.3) is 11.5 Å². The topological polar surface area (TPSA) is 73.5 Å². The molecule has 1 atom stereocenters. The summed E-state index contributed by atoms with van der Waals surface area (Å²) in [6.07, 6.45) is 2.05. The molecule has 0 unspecified atom stereocenters. The third-order valence-corrected chi connectivity index (χ3v) is 7.38.